The van der Waals surface area contributed by atoms with Crippen molar-refractivity contribution in [3.05, 3.63) is 65.5 Å². The average Bonchev–Trinajstić information content (AvgIpc) is 3.07. The Labute approximate surface area is 171 Å². The highest BCUT2D eigenvalue weighted by Crippen LogP contribution is 2.23. The quantitative estimate of drug-likeness (QED) is 0.574. The van der Waals surface area contributed by atoms with Gasteiger partial charge in [-0.3, -0.25) is 0 Å². The second kappa shape index (κ2) is 9.45. The number of pyridine rings is 1. The highest BCUT2D eigenvalue weighted by Gasteiger charge is 2.14. The number of nitrogens with zero attached hydrogens (tertiary/aromatic N) is 4. The molecule has 29 heavy (non-hydrogen) atoms. The van der Waals surface area contributed by atoms with Crippen LogP contribution in [-0.4, -0.2) is 30.8 Å². The van der Waals surface area contributed by atoms with Gasteiger partial charge in [0.15, 0.2) is 11.5 Å². The molecule has 0 bridgehead atoms. The van der Waals surface area contributed by atoms with E-state index in [2.05, 4.69) is 25.8 Å². The van der Waals surface area contributed by atoms with E-state index >= 15 is 0 Å². The standard InChI is InChI=1S/C23H28N4O2/c1-4-5-13-27-21(25-20(26-27)14-16(2)3)15-17-8-10-18(11-9-17)19-7-6-12-24-22(19)23(28)29/h6-12,16H,4-5,13-15H2,1-3H3,(H,28,29). The molecule has 3 rings (SSSR count). The second-order valence-electron chi connectivity index (χ2n) is 7.70. The molecule has 152 valence electrons. The van der Waals surface area contributed by atoms with Crippen molar-refractivity contribution < 1.29 is 9.90 Å². The number of carbonyl (C=O) groups is 1. The summed E-state index contributed by atoms with van der Waals surface area (Å²) in [6.07, 6.45) is 5.27. The molecule has 0 radical (unpaired) electrons. The number of carboxylic acid groups (broad SMARTS) is 1. The van der Waals surface area contributed by atoms with E-state index in [1.54, 1.807) is 12.1 Å². The number of rotatable bonds is 9. The Balaban J connectivity index is 1.83. The van der Waals surface area contributed by atoms with Gasteiger partial charge in [0.2, 0.25) is 0 Å². The van der Waals surface area contributed by atoms with Crippen LogP contribution in [0.1, 0.15) is 61.3 Å². The third-order valence-electron chi connectivity index (χ3n) is 4.74. The lowest BCUT2D eigenvalue weighted by molar-refractivity contribution is 0.0691. The average molecular weight is 393 g/mol. The number of carboxylic acids is 1. The largest absolute Gasteiger partial charge is 0.476 e. The van der Waals surface area contributed by atoms with Crippen LogP contribution >= 0.6 is 0 Å². The second-order valence-corrected chi connectivity index (χ2v) is 7.70. The van der Waals surface area contributed by atoms with Gasteiger partial charge >= 0.3 is 5.97 Å². The lowest BCUT2D eigenvalue weighted by atomic mass is 10.0. The van der Waals surface area contributed by atoms with E-state index in [0.717, 1.165) is 48.6 Å². The zero-order valence-corrected chi connectivity index (χ0v) is 17.3. The Morgan fingerprint density at radius 2 is 1.93 bits per heavy atom. The summed E-state index contributed by atoms with van der Waals surface area (Å²) in [4.78, 5) is 20.2. The Morgan fingerprint density at radius 3 is 2.59 bits per heavy atom. The fraction of sp³-hybridized carbons (Fsp3) is 0.391. The van der Waals surface area contributed by atoms with Gasteiger partial charge < -0.3 is 5.11 Å². The molecule has 0 spiro atoms. The summed E-state index contributed by atoms with van der Waals surface area (Å²) in [5.74, 6) is 1.39. The third kappa shape index (κ3) is 5.28. The van der Waals surface area contributed by atoms with Crippen molar-refractivity contribution in [3.63, 3.8) is 0 Å². The summed E-state index contributed by atoms with van der Waals surface area (Å²) in [6, 6.07) is 11.5. The number of unbranched alkanes of at least 4 members (excludes halogenated alkanes) is 1. The first-order chi connectivity index (χ1) is 14.0. The monoisotopic (exact) mass is 392 g/mol. The molecule has 0 aliphatic carbocycles. The van der Waals surface area contributed by atoms with Gasteiger partial charge in [-0.2, -0.15) is 5.10 Å². The lowest BCUT2D eigenvalue weighted by Gasteiger charge is -2.08. The fourth-order valence-corrected chi connectivity index (χ4v) is 3.29. The van der Waals surface area contributed by atoms with Gasteiger partial charge in [0, 0.05) is 31.1 Å². The summed E-state index contributed by atoms with van der Waals surface area (Å²) in [5.41, 5.74) is 2.65. The highest BCUT2D eigenvalue weighted by atomic mass is 16.4. The Hall–Kier alpha value is -3.02. The molecular weight excluding hydrogens is 364 g/mol. The van der Waals surface area contributed by atoms with Crippen molar-refractivity contribution in [2.75, 3.05) is 0 Å². The van der Waals surface area contributed by atoms with Gasteiger partial charge in [-0.05, 0) is 29.5 Å². The van der Waals surface area contributed by atoms with E-state index < -0.39 is 5.97 Å². The maximum atomic E-state index is 11.4. The van der Waals surface area contributed by atoms with Gasteiger partial charge in [-0.25, -0.2) is 19.4 Å². The molecule has 1 N–H and O–H groups in total. The van der Waals surface area contributed by atoms with Gasteiger partial charge in [-0.15, -0.1) is 0 Å². The molecule has 2 heterocycles. The van der Waals surface area contributed by atoms with Gasteiger partial charge in [0.05, 0.1) is 0 Å². The SMILES string of the molecule is CCCCn1nc(CC(C)C)nc1Cc1ccc(-c2cccnc2C(=O)O)cc1. The van der Waals surface area contributed by atoms with E-state index in [1.165, 1.54) is 6.20 Å². The van der Waals surface area contributed by atoms with Crippen molar-refractivity contribution in [1.82, 2.24) is 19.7 Å². The molecule has 0 saturated carbocycles. The summed E-state index contributed by atoms with van der Waals surface area (Å²) in [6.45, 7) is 7.41. The van der Waals surface area contributed by atoms with Gasteiger partial charge in [0.1, 0.15) is 5.82 Å². The van der Waals surface area contributed by atoms with Crippen LogP contribution in [0, 0.1) is 5.92 Å². The highest BCUT2D eigenvalue weighted by molar-refractivity contribution is 5.93. The van der Waals surface area contributed by atoms with E-state index in [9.17, 15) is 9.90 Å². The zero-order chi connectivity index (χ0) is 20.8. The number of benzene rings is 1. The molecule has 6 heteroatoms. The van der Waals surface area contributed by atoms with E-state index in [0.29, 0.717) is 17.9 Å². The normalized spacial score (nSPS) is 11.2. The number of aromatic carboxylic acids is 1. The van der Waals surface area contributed by atoms with E-state index in [4.69, 9.17) is 10.1 Å². The van der Waals surface area contributed by atoms with Crippen LogP contribution in [0.3, 0.4) is 0 Å². The first-order valence-electron chi connectivity index (χ1n) is 10.2. The molecule has 0 atom stereocenters. The number of hydrogen-bond donors (Lipinski definition) is 1. The Morgan fingerprint density at radius 1 is 1.17 bits per heavy atom. The lowest BCUT2D eigenvalue weighted by Crippen LogP contribution is -2.07. The Bertz CT molecular complexity index is 961. The summed E-state index contributed by atoms with van der Waals surface area (Å²) in [5, 5.41) is 14.1. The number of hydrogen-bond acceptors (Lipinski definition) is 4. The molecule has 0 amide bonds. The molecular formula is C23H28N4O2. The molecule has 2 aromatic heterocycles. The van der Waals surface area contributed by atoms with Crippen LogP contribution in [0.2, 0.25) is 0 Å². The summed E-state index contributed by atoms with van der Waals surface area (Å²) < 4.78 is 2.04. The van der Waals surface area contributed by atoms with Crippen molar-refractivity contribution in [2.45, 2.75) is 53.0 Å². The molecule has 1 aromatic carbocycles. The van der Waals surface area contributed by atoms with Crippen molar-refractivity contribution in [1.29, 1.82) is 0 Å². The molecule has 0 unspecified atom stereocenters. The minimum atomic E-state index is -1.02. The summed E-state index contributed by atoms with van der Waals surface area (Å²) >= 11 is 0. The topological polar surface area (TPSA) is 80.9 Å². The van der Waals surface area contributed by atoms with Crippen LogP contribution in [0.5, 0.6) is 0 Å². The fourth-order valence-electron chi connectivity index (χ4n) is 3.29. The maximum Gasteiger partial charge on any atom is 0.355 e. The molecule has 0 aliphatic rings. The number of aromatic nitrogens is 4. The van der Waals surface area contributed by atoms with E-state index in [1.807, 2.05) is 28.9 Å². The van der Waals surface area contributed by atoms with Crippen LogP contribution < -0.4 is 0 Å². The van der Waals surface area contributed by atoms with E-state index in [-0.39, 0.29) is 5.69 Å². The zero-order valence-electron chi connectivity index (χ0n) is 17.3. The van der Waals surface area contributed by atoms with Crippen molar-refractivity contribution >= 4 is 5.97 Å². The maximum absolute atomic E-state index is 11.4. The van der Waals surface area contributed by atoms with Crippen LogP contribution in [0.25, 0.3) is 11.1 Å². The van der Waals surface area contributed by atoms with Gasteiger partial charge in [0.25, 0.3) is 0 Å². The predicted octanol–water partition coefficient (Wildman–Crippen LogP) is 4.63. The molecule has 3 aromatic rings. The first-order valence-corrected chi connectivity index (χ1v) is 10.2. The molecule has 0 fully saturated rings. The molecule has 6 nitrogen and oxygen atoms in total. The van der Waals surface area contributed by atoms with Crippen LogP contribution in [-0.2, 0) is 19.4 Å². The molecule has 0 aliphatic heterocycles. The van der Waals surface area contributed by atoms with Crippen LogP contribution in [0.4, 0.5) is 0 Å². The molecule has 0 saturated heterocycles. The van der Waals surface area contributed by atoms with Crippen LogP contribution in [0.15, 0.2) is 42.6 Å². The predicted molar refractivity (Wildman–Crippen MR) is 113 cm³/mol. The third-order valence-corrected chi connectivity index (χ3v) is 4.74. The van der Waals surface area contributed by atoms with Crippen molar-refractivity contribution in [2.24, 2.45) is 5.92 Å². The van der Waals surface area contributed by atoms with Gasteiger partial charge in [-0.1, -0.05) is 57.5 Å². The summed E-state index contributed by atoms with van der Waals surface area (Å²) in [7, 11) is 0. The smallest absolute Gasteiger partial charge is 0.355 e. The number of aryl methyl sites for hydroxylation is 1. The Kier molecular flexibility index (Phi) is 6.75. The minimum absolute atomic E-state index is 0.0675. The first kappa shape index (κ1) is 20.7. The minimum Gasteiger partial charge on any atom is -0.476 e. The van der Waals surface area contributed by atoms with Crippen molar-refractivity contribution in [3.8, 4) is 11.1 Å².